The zero-order chi connectivity index (χ0) is 15.9. The van der Waals surface area contributed by atoms with Gasteiger partial charge in [0.15, 0.2) is 0 Å². The lowest BCUT2D eigenvalue weighted by Crippen LogP contribution is -2.21. The normalized spacial score (nSPS) is 12.2. The molecule has 114 valence electrons. The summed E-state index contributed by atoms with van der Waals surface area (Å²) in [6.45, 7) is 10.4. The number of rotatable bonds is 2. The molecule has 0 amide bonds. The minimum atomic E-state index is -0.468. The number of benzene rings is 1. The Bertz CT molecular complexity index is 669. The molecule has 2 rings (SSSR count). The lowest BCUT2D eigenvalue weighted by Gasteiger charge is -2.22. The Labute approximate surface area is 129 Å². The molecule has 0 saturated heterocycles. The first kappa shape index (κ1) is 15.8. The Morgan fingerprint density at radius 1 is 1.29 bits per heavy atom. The quantitative estimate of drug-likeness (QED) is 0.865. The molecule has 2 N–H and O–H groups in total. The Balaban J connectivity index is 2.68. The number of halogens is 2. The molecule has 0 spiro atoms. The maximum absolute atomic E-state index is 13.7. The molecule has 3 nitrogen and oxygen atoms in total. The molecule has 0 bridgehead atoms. The molecule has 0 saturated carbocycles. The monoisotopic (exact) mass is 309 g/mol. The summed E-state index contributed by atoms with van der Waals surface area (Å²) >= 11 is 5.74. The third-order valence-corrected chi connectivity index (χ3v) is 3.63. The smallest absolute Gasteiger partial charge is 0.142 e. The molecule has 1 aromatic heterocycles. The molecule has 0 unspecified atom stereocenters. The van der Waals surface area contributed by atoms with E-state index in [-0.39, 0.29) is 16.5 Å². The topological polar surface area (TPSA) is 43.8 Å². The van der Waals surface area contributed by atoms with Gasteiger partial charge in [-0.25, -0.2) is 9.37 Å². The number of nitrogens with two attached hydrogens (primary N) is 1. The summed E-state index contributed by atoms with van der Waals surface area (Å²) in [6.07, 6.45) is 0. The van der Waals surface area contributed by atoms with Crippen molar-refractivity contribution in [2.75, 3.05) is 5.73 Å². The van der Waals surface area contributed by atoms with Gasteiger partial charge in [-0.3, -0.25) is 0 Å². The minimum absolute atomic E-state index is 0.0941. The molecule has 0 aliphatic rings. The molecule has 1 heterocycles. The van der Waals surface area contributed by atoms with Crippen molar-refractivity contribution in [3.05, 3.63) is 34.9 Å². The zero-order valence-corrected chi connectivity index (χ0v) is 13.8. The molecule has 0 radical (unpaired) electrons. The van der Waals surface area contributed by atoms with Gasteiger partial charge < -0.3 is 10.3 Å². The van der Waals surface area contributed by atoms with Gasteiger partial charge in [-0.05, 0) is 26.0 Å². The molecule has 2 aromatic rings. The SMILES string of the molecule is CC(C)n1c(C(C)(C)C)nc(-c2ccc(Cl)c(F)c2)c1N. The lowest BCUT2D eigenvalue weighted by molar-refractivity contribution is 0.473. The number of nitrogens with zero attached hydrogens (tertiary/aromatic N) is 2. The van der Waals surface area contributed by atoms with Crippen molar-refractivity contribution in [2.24, 2.45) is 0 Å². The Kier molecular flexibility index (Phi) is 4.02. The van der Waals surface area contributed by atoms with Gasteiger partial charge in [0.1, 0.15) is 23.2 Å². The van der Waals surface area contributed by atoms with Crippen LogP contribution < -0.4 is 5.73 Å². The van der Waals surface area contributed by atoms with E-state index in [0.717, 1.165) is 5.82 Å². The van der Waals surface area contributed by atoms with Crippen molar-refractivity contribution in [2.45, 2.75) is 46.1 Å². The molecule has 0 aliphatic carbocycles. The van der Waals surface area contributed by atoms with Crippen molar-refractivity contribution < 1.29 is 4.39 Å². The summed E-state index contributed by atoms with van der Waals surface area (Å²) < 4.78 is 15.7. The van der Waals surface area contributed by atoms with E-state index in [1.54, 1.807) is 6.07 Å². The molecule has 21 heavy (non-hydrogen) atoms. The summed E-state index contributed by atoms with van der Waals surface area (Å²) in [7, 11) is 0. The fraction of sp³-hybridized carbons (Fsp3) is 0.438. The van der Waals surface area contributed by atoms with Crippen LogP contribution in [0.1, 0.15) is 46.5 Å². The van der Waals surface area contributed by atoms with Crippen LogP contribution in [-0.4, -0.2) is 9.55 Å². The van der Waals surface area contributed by atoms with E-state index in [4.69, 9.17) is 17.3 Å². The maximum atomic E-state index is 13.7. The second-order valence-electron chi connectivity index (χ2n) is 6.51. The molecular weight excluding hydrogens is 289 g/mol. The van der Waals surface area contributed by atoms with Crippen molar-refractivity contribution >= 4 is 17.4 Å². The first-order valence-electron chi connectivity index (χ1n) is 6.96. The van der Waals surface area contributed by atoms with Crippen LogP contribution in [0.3, 0.4) is 0 Å². The molecule has 0 fully saturated rings. The predicted octanol–water partition coefficient (Wildman–Crippen LogP) is 4.80. The van der Waals surface area contributed by atoms with Gasteiger partial charge in [-0.1, -0.05) is 38.4 Å². The third-order valence-electron chi connectivity index (χ3n) is 3.33. The van der Waals surface area contributed by atoms with Gasteiger partial charge in [-0.15, -0.1) is 0 Å². The fourth-order valence-corrected chi connectivity index (χ4v) is 2.47. The minimum Gasteiger partial charge on any atom is -0.383 e. The Morgan fingerprint density at radius 2 is 1.90 bits per heavy atom. The highest BCUT2D eigenvalue weighted by Crippen LogP contribution is 2.35. The molecular formula is C16H21ClFN3. The highest BCUT2D eigenvalue weighted by molar-refractivity contribution is 6.30. The molecule has 5 heteroatoms. The average Bonchev–Trinajstić information content (AvgIpc) is 2.70. The standard InChI is InChI=1S/C16H21ClFN3/c1-9(2)21-14(19)13(20-15(21)16(3,4)5)10-6-7-11(17)12(18)8-10/h6-9H,19H2,1-5H3. The Morgan fingerprint density at radius 3 is 2.33 bits per heavy atom. The van der Waals surface area contributed by atoms with E-state index >= 15 is 0 Å². The highest BCUT2D eigenvalue weighted by atomic mass is 35.5. The van der Waals surface area contributed by atoms with E-state index in [1.807, 2.05) is 4.57 Å². The number of imidazole rings is 1. The van der Waals surface area contributed by atoms with Crippen molar-refractivity contribution in [3.8, 4) is 11.3 Å². The predicted molar refractivity (Wildman–Crippen MR) is 86.1 cm³/mol. The second kappa shape index (κ2) is 5.34. The highest BCUT2D eigenvalue weighted by Gasteiger charge is 2.26. The van der Waals surface area contributed by atoms with Crippen molar-refractivity contribution in [3.63, 3.8) is 0 Å². The summed E-state index contributed by atoms with van der Waals surface area (Å²) in [5.41, 5.74) is 7.36. The van der Waals surface area contributed by atoms with E-state index < -0.39 is 5.82 Å². The molecule has 0 atom stereocenters. The van der Waals surface area contributed by atoms with Crippen LogP contribution in [0.25, 0.3) is 11.3 Å². The molecule has 0 aliphatic heterocycles. The van der Waals surface area contributed by atoms with Crippen LogP contribution >= 0.6 is 11.6 Å². The van der Waals surface area contributed by atoms with E-state index in [9.17, 15) is 4.39 Å². The summed E-state index contributed by atoms with van der Waals surface area (Å²) in [5, 5.41) is 0.0941. The van der Waals surface area contributed by atoms with Crippen LogP contribution in [0.15, 0.2) is 18.2 Å². The van der Waals surface area contributed by atoms with Gasteiger partial charge >= 0.3 is 0 Å². The van der Waals surface area contributed by atoms with Gasteiger partial charge in [0.05, 0.1) is 5.02 Å². The van der Waals surface area contributed by atoms with Crippen LogP contribution in [0.4, 0.5) is 10.2 Å². The van der Waals surface area contributed by atoms with Crippen LogP contribution in [0.2, 0.25) is 5.02 Å². The fourth-order valence-electron chi connectivity index (χ4n) is 2.35. The van der Waals surface area contributed by atoms with E-state index in [1.165, 1.54) is 12.1 Å². The van der Waals surface area contributed by atoms with Crippen molar-refractivity contribution in [1.29, 1.82) is 0 Å². The number of anilines is 1. The van der Waals surface area contributed by atoms with Crippen LogP contribution in [-0.2, 0) is 5.41 Å². The third kappa shape index (κ3) is 2.91. The van der Waals surface area contributed by atoms with Gasteiger partial charge in [0.2, 0.25) is 0 Å². The van der Waals surface area contributed by atoms with Gasteiger partial charge in [0, 0.05) is 17.0 Å². The Hall–Kier alpha value is -1.55. The average molecular weight is 310 g/mol. The van der Waals surface area contributed by atoms with Crippen LogP contribution in [0, 0.1) is 5.82 Å². The number of aromatic nitrogens is 2. The summed E-state index contributed by atoms with van der Waals surface area (Å²) in [6, 6.07) is 4.81. The van der Waals surface area contributed by atoms with Crippen molar-refractivity contribution in [1.82, 2.24) is 9.55 Å². The van der Waals surface area contributed by atoms with E-state index in [2.05, 4.69) is 39.6 Å². The summed E-state index contributed by atoms with van der Waals surface area (Å²) in [4.78, 5) is 4.67. The number of hydrogen-bond acceptors (Lipinski definition) is 2. The summed E-state index contributed by atoms with van der Waals surface area (Å²) in [5.74, 6) is 0.974. The largest absolute Gasteiger partial charge is 0.383 e. The van der Waals surface area contributed by atoms with Crippen LogP contribution in [0.5, 0.6) is 0 Å². The second-order valence-corrected chi connectivity index (χ2v) is 6.92. The number of hydrogen-bond donors (Lipinski definition) is 1. The van der Waals surface area contributed by atoms with Gasteiger partial charge in [-0.2, -0.15) is 0 Å². The van der Waals surface area contributed by atoms with E-state index in [0.29, 0.717) is 17.1 Å². The maximum Gasteiger partial charge on any atom is 0.142 e. The number of nitrogen functional groups attached to an aromatic ring is 1. The lowest BCUT2D eigenvalue weighted by atomic mass is 9.95. The molecule has 1 aromatic carbocycles. The first-order valence-corrected chi connectivity index (χ1v) is 7.34. The first-order chi connectivity index (χ1) is 9.62. The zero-order valence-electron chi connectivity index (χ0n) is 13.0. The van der Waals surface area contributed by atoms with Gasteiger partial charge in [0.25, 0.3) is 0 Å².